The van der Waals surface area contributed by atoms with Gasteiger partial charge in [0.2, 0.25) is 0 Å². The average Bonchev–Trinajstić information content (AvgIpc) is 2.39. The lowest BCUT2D eigenvalue weighted by molar-refractivity contribution is -0.137. The van der Waals surface area contributed by atoms with E-state index in [0.717, 1.165) is 24.3 Å². The van der Waals surface area contributed by atoms with Gasteiger partial charge in [-0.1, -0.05) is 6.07 Å². The quantitative estimate of drug-likeness (QED) is 0.651. The van der Waals surface area contributed by atoms with Gasteiger partial charge in [0.05, 0.1) is 11.3 Å². The highest BCUT2D eigenvalue weighted by Crippen LogP contribution is 2.34. The molecule has 0 unspecified atom stereocenters. The molecule has 0 aromatic heterocycles. The van der Waals surface area contributed by atoms with Crippen LogP contribution < -0.4 is 5.32 Å². The van der Waals surface area contributed by atoms with Gasteiger partial charge >= 0.3 is 6.18 Å². The predicted molar refractivity (Wildman–Crippen MR) is 67.4 cm³/mol. The lowest BCUT2D eigenvalue weighted by Gasteiger charge is -2.11. The number of benzene rings is 2. The number of hydrogen-bond acceptors (Lipinski definition) is 2. The van der Waals surface area contributed by atoms with Crippen molar-refractivity contribution in [2.45, 2.75) is 6.18 Å². The van der Waals surface area contributed by atoms with E-state index in [2.05, 4.69) is 0 Å². The highest BCUT2D eigenvalue weighted by atomic mass is 19.4. The maximum atomic E-state index is 13.4. The molecule has 1 amide bonds. The van der Waals surface area contributed by atoms with Gasteiger partial charge < -0.3 is 10.4 Å². The smallest absolute Gasteiger partial charge is 0.416 e. The van der Waals surface area contributed by atoms with Crippen LogP contribution in [0.15, 0.2) is 36.4 Å². The largest absolute Gasteiger partial charge is 0.506 e. The van der Waals surface area contributed by atoms with Crippen molar-refractivity contribution in [1.29, 1.82) is 0 Å². The Morgan fingerprint density at radius 3 is 2.14 bits per heavy atom. The monoisotopic (exact) mass is 317 g/mol. The van der Waals surface area contributed by atoms with Gasteiger partial charge in [-0.15, -0.1) is 0 Å². The highest BCUT2D eigenvalue weighted by molar-refractivity contribution is 6.05. The summed E-state index contributed by atoms with van der Waals surface area (Å²) in [6, 6.07) is 4.56. The maximum Gasteiger partial charge on any atom is 0.416 e. The summed E-state index contributed by atoms with van der Waals surface area (Å²) in [4.78, 5) is 11.8. The molecular formula is C14H8F5NO2. The summed E-state index contributed by atoms with van der Waals surface area (Å²) in [7, 11) is 0. The minimum atomic E-state index is -4.67. The number of nitrogens with one attached hydrogen (secondary N) is 1. The van der Waals surface area contributed by atoms with Crippen molar-refractivity contribution in [2.24, 2.45) is 0 Å². The van der Waals surface area contributed by atoms with Gasteiger partial charge in [0.1, 0.15) is 22.9 Å². The molecule has 0 aliphatic heterocycles. The van der Waals surface area contributed by atoms with Crippen LogP contribution in [-0.2, 0) is 6.18 Å². The molecule has 2 aromatic rings. The van der Waals surface area contributed by atoms with Crippen LogP contribution in [0.25, 0.3) is 0 Å². The number of carbonyl (C=O) groups excluding carboxylic acids is 1. The van der Waals surface area contributed by atoms with Crippen LogP contribution in [0.3, 0.4) is 0 Å². The molecule has 116 valence electrons. The number of hydrogen-bond donors (Lipinski definition) is 2. The van der Waals surface area contributed by atoms with Gasteiger partial charge in [-0.2, -0.15) is 13.2 Å². The van der Waals surface area contributed by atoms with Gasteiger partial charge in [0.15, 0.2) is 0 Å². The number of amides is 1. The Morgan fingerprint density at radius 2 is 1.64 bits per heavy atom. The SMILES string of the molecule is O=C(Nc1ccc(C(F)(F)F)cc1O)c1c(F)cccc1F. The molecule has 0 radical (unpaired) electrons. The molecule has 0 spiro atoms. The third-order valence-electron chi connectivity index (χ3n) is 2.76. The van der Waals surface area contributed by atoms with Crippen LogP contribution in [0.2, 0.25) is 0 Å². The molecule has 3 nitrogen and oxygen atoms in total. The van der Waals surface area contributed by atoms with Crippen molar-refractivity contribution in [3.8, 4) is 5.75 Å². The number of phenolic OH excluding ortho intramolecular Hbond substituents is 1. The van der Waals surface area contributed by atoms with E-state index in [9.17, 15) is 31.9 Å². The average molecular weight is 317 g/mol. The van der Waals surface area contributed by atoms with Gasteiger partial charge in [-0.3, -0.25) is 4.79 Å². The van der Waals surface area contributed by atoms with Crippen molar-refractivity contribution in [3.63, 3.8) is 0 Å². The zero-order valence-electron chi connectivity index (χ0n) is 10.7. The summed E-state index contributed by atoms with van der Waals surface area (Å²) in [5.74, 6) is -4.38. The lowest BCUT2D eigenvalue weighted by Crippen LogP contribution is -2.16. The summed E-state index contributed by atoms with van der Waals surface area (Å²) in [5.41, 5.74) is -2.43. The molecule has 2 rings (SSSR count). The number of phenols is 1. The van der Waals surface area contributed by atoms with Crippen molar-refractivity contribution in [3.05, 3.63) is 59.2 Å². The Balaban J connectivity index is 2.30. The summed E-state index contributed by atoms with van der Waals surface area (Å²) < 4.78 is 64.1. The third-order valence-corrected chi connectivity index (χ3v) is 2.76. The predicted octanol–water partition coefficient (Wildman–Crippen LogP) is 3.94. The van der Waals surface area contributed by atoms with E-state index in [0.29, 0.717) is 12.1 Å². The second-order valence-electron chi connectivity index (χ2n) is 4.28. The summed E-state index contributed by atoms with van der Waals surface area (Å²) in [5, 5.41) is 11.4. The van der Waals surface area contributed by atoms with Gasteiger partial charge in [0, 0.05) is 0 Å². The molecule has 8 heteroatoms. The van der Waals surface area contributed by atoms with Crippen molar-refractivity contribution < 1.29 is 31.9 Å². The third kappa shape index (κ3) is 3.16. The van der Waals surface area contributed by atoms with Crippen LogP contribution in [0.1, 0.15) is 15.9 Å². The highest BCUT2D eigenvalue weighted by Gasteiger charge is 2.31. The fourth-order valence-electron chi connectivity index (χ4n) is 1.71. The fraction of sp³-hybridized carbons (Fsp3) is 0.0714. The van der Waals surface area contributed by atoms with Gasteiger partial charge in [0.25, 0.3) is 5.91 Å². The number of halogens is 5. The normalized spacial score (nSPS) is 11.3. The zero-order valence-corrected chi connectivity index (χ0v) is 10.7. The molecule has 0 saturated carbocycles. The van der Waals surface area contributed by atoms with E-state index in [4.69, 9.17) is 0 Å². The van der Waals surface area contributed by atoms with Gasteiger partial charge in [-0.25, -0.2) is 8.78 Å². The first-order chi connectivity index (χ1) is 10.2. The van der Waals surface area contributed by atoms with E-state index in [-0.39, 0.29) is 0 Å². The Bertz CT molecular complexity index is 707. The van der Waals surface area contributed by atoms with E-state index in [1.54, 1.807) is 0 Å². The standard InChI is InChI=1S/C14H8F5NO2/c15-8-2-1-3-9(16)12(8)13(22)20-10-5-4-7(6-11(10)21)14(17,18)19/h1-6,21H,(H,20,22). The molecule has 0 heterocycles. The topological polar surface area (TPSA) is 49.3 Å². The van der Waals surface area contributed by atoms with Crippen LogP contribution >= 0.6 is 0 Å². The van der Waals surface area contributed by atoms with Crippen LogP contribution in [0, 0.1) is 11.6 Å². The van der Waals surface area contributed by atoms with E-state index < -0.39 is 46.3 Å². The Labute approximate surface area is 121 Å². The van der Waals surface area contributed by atoms with E-state index in [1.165, 1.54) is 0 Å². The number of carbonyl (C=O) groups is 1. The summed E-state index contributed by atoms with van der Waals surface area (Å²) in [6.45, 7) is 0. The van der Waals surface area contributed by atoms with Crippen molar-refractivity contribution >= 4 is 11.6 Å². The van der Waals surface area contributed by atoms with E-state index in [1.807, 2.05) is 5.32 Å². The number of alkyl halides is 3. The van der Waals surface area contributed by atoms with Gasteiger partial charge in [-0.05, 0) is 30.3 Å². The summed E-state index contributed by atoms with van der Waals surface area (Å²) >= 11 is 0. The molecule has 0 aliphatic carbocycles. The maximum absolute atomic E-state index is 13.4. The molecular weight excluding hydrogens is 309 g/mol. The molecule has 0 saturated heterocycles. The molecule has 0 aliphatic rings. The number of rotatable bonds is 2. The zero-order chi connectivity index (χ0) is 16.5. The Morgan fingerprint density at radius 1 is 1.05 bits per heavy atom. The molecule has 0 bridgehead atoms. The van der Waals surface area contributed by atoms with Crippen LogP contribution in [-0.4, -0.2) is 11.0 Å². The van der Waals surface area contributed by atoms with Crippen molar-refractivity contribution in [1.82, 2.24) is 0 Å². The number of anilines is 1. The first kappa shape index (κ1) is 15.7. The Kier molecular flexibility index (Phi) is 4.03. The lowest BCUT2D eigenvalue weighted by atomic mass is 10.1. The fourth-order valence-corrected chi connectivity index (χ4v) is 1.71. The van der Waals surface area contributed by atoms with E-state index >= 15 is 0 Å². The second-order valence-corrected chi connectivity index (χ2v) is 4.28. The molecule has 0 atom stereocenters. The van der Waals surface area contributed by atoms with Crippen molar-refractivity contribution in [2.75, 3.05) is 5.32 Å². The summed E-state index contributed by atoms with van der Waals surface area (Å²) in [6.07, 6.45) is -4.67. The van der Waals surface area contributed by atoms with Crippen LogP contribution in [0.5, 0.6) is 5.75 Å². The minimum Gasteiger partial charge on any atom is -0.506 e. The molecule has 2 N–H and O–H groups in total. The Hall–Kier alpha value is -2.64. The minimum absolute atomic E-state index is 0.396. The second kappa shape index (κ2) is 5.63. The molecule has 2 aromatic carbocycles. The number of aromatic hydroxyl groups is 1. The first-order valence-corrected chi connectivity index (χ1v) is 5.85. The molecule has 22 heavy (non-hydrogen) atoms. The first-order valence-electron chi connectivity index (χ1n) is 5.85. The van der Waals surface area contributed by atoms with Crippen LogP contribution in [0.4, 0.5) is 27.6 Å². The molecule has 0 fully saturated rings.